The van der Waals surface area contributed by atoms with Gasteiger partial charge < -0.3 is 15.8 Å². The molecule has 0 aliphatic heterocycles. The number of carbonyl (C=O) groups excluding carboxylic acids is 3. The van der Waals surface area contributed by atoms with Gasteiger partial charge >= 0.3 is 11.7 Å². The van der Waals surface area contributed by atoms with Gasteiger partial charge in [-0.15, -0.1) is 0 Å². The number of nitrogens with one attached hydrogen (secondary N) is 1. The molecule has 3 N–H and O–H groups in total. The molecule has 0 bridgehead atoms. The van der Waals surface area contributed by atoms with Crippen LogP contribution in [-0.4, -0.2) is 33.4 Å². The number of halogens is 1. The topological polar surface area (TPSA) is 142 Å². The number of hydrogen-bond acceptors (Lipinski definition) is 7. The Morgan fingerprint density at radius 1 is 1.00 bits per heavy atom. The summed E-state index contributed by atoms with van der Waals surface area (Å²) in [5.41, 5.74) is 4.16. The number of amides is 1. The van der Waals surface area contributed by atoms with Crippen molar-refractivity contribution in [2.24, 2.45) is 14.1 Å². The van der Waals surface area contributed by atoms with Crippen LogP contribution in [0.1, 0.15) is 31.1 Å². The summed E-state index contributed by atoms with van der Waals surface area (Å²) in [4.78, 5) is 61.8. The maximum Gasteiger partial charge on any atom is 0.340 e. The summed E-state index contributed by atoms with van der Waals surface area (Å²) in [6.07, 6.45) is 0. The highest BCUT2D eigenvalue weighted by Gasteiger charge is 2.22. The number of Topliss-reactive ketones (excluding diaryl/α,β-unsaturated/α-hetero) is 1. The molecule has 3 aromatic rings. The number of ether oxygens (including phenoxy) is 1. The third-order valence-corrected chi connectivity index (χ3v) is 5.08. The molecule has 0 spiro atoms. The van der Waals surface area contributed by atoms with Crippen molar-refractivity contribution in [2.45, 2.75) is 0 Å². The number of anilines is 2. The highest BCUT2D eigenvalue weighted by molar-refractivity contribution is 6.30. The lowest BCUT2D eigenvalue weighted by atomic mass is 10.1. The molecular formula is C22H19ClN4O6. The largest absolute Gasteiger partial charge is 0.454 e. The first-order chi connectivity index (χ1) is 15.6. The lowest BCUT2D eigenvalue weighted by Gasteiger charge is -2.12. The van der Waals surface area contributed by atoms with Gasteiger partial charge in [0.2, 0.25) is 5.78 Å². The SMILES string of the molecule is Cn1c(N)c(C(=O)COC(=O)c2ccccc2NC(=O)c2ccc(Cl)cc2)c(=O)n(C)c1=O. The van der Waals surface area contributed by atoms with Crippen LogP contribution in [0.2, 0.25) is 5.02 Å². The fraction of sp³-hybridized carbons (Fsp3) is 0.136. The van der Waals surface area contributed by atoms with Crippen LogP contribution in [0, 0.1) is 0 Å². The highest BCUT2D eigenvalue weighted by atomic mass is 35.5. The van der Waals surface area contributed by atoms with Crippen molar-refractivity contribution in [1.29, 1.82) is 0 Å². The molecule has 0 fully saturated rings. The van der Waals surface area contributed by atoms with Gasteiger partial charge in [-0.2, -0.15) is 0 Å². The van der Waals surface area contributed by atoms with Crippen LogP contribution < -0.4 is 22.3 Å². The number of nitrogens with zero attached hydrogens (tertiary/aromatic N) is 2. The van der Waals surface area contributed by atoms with E-state index in [-0.39, 0.29) is 17.1 Å². The minimum Gasteiger partial charge on any atom is -0.454 e. The molecule has 0 saturated carbocycles. The number of para-hydroxylation sites is 1. The molecule has 1 aromatic heterocycles. The first-order valence-electron chi connectivity index (χ1n) is 9.53. The summed E-state index contributed by atoms with van der Waals surface area (Å²) in [7, 11) is 2.51. The molecule has 0 aliphatic carbocycles. The summed E-state index contributed by atoms with van der Waals surface area (Å²) in [6.45, 7) is -0.796. The van der Waals surface area contributed by atoms with Gasteiger partial charge in [0.1, 0.15) is 11.4 Å². The third-order valence-electron chi connectivity index (χ3n) is 4.82. The molecule has 10 nitrogen and oxygen atoms in total. The van der Waals surface area contributed by atoms with Crippen LogP contribution in [0.3, 0.4) is 0 Å². The first-order valence-corrected chi connectivity index (χ1v) is 9.91. The van der Waals surface area contributed by atoms with Crippen LogP contribution in [0.15, 0.2) is 58.1 Å². The molecule has 0 atom stereocenters. The number of nitrogen functional groups attached to an aromatic ring is 1. The molecule has 170 valence electrons. The second-order valence-electron chi connectivity index (χ2n) is 6.97. The molecule has 2 aromatic carbocycles. The van der Waals surface area contributed by atoms with Gasteiger partial charge in [-0.3, -0.25) is 23.5 Å². The molecule has 33 heavy (non-hydrogen) atoms. The first kappa shape index (κ1) is 23.5. The van der Waals surface area contributed by atoms with Crippen molar-refractivity contribution in [3.8, 4) is 0 Å². The van der Waals surface area contributed by atoms with Crippen molar-refractivity contribution in [3.63, 3.8) is 0 Å². The zero-order valence-corrected chi connectivity index (χ0v) is 18.4. The normalized spacial score (nSPS) is 10.5. The number of benzene rings is 2. The minimum atomic E-state index is -0.907. The number of hydrogen-bond donors (Lipinski definition) is 2. The predicted molar refractivity (Wildman–Crippen MR) is 122 cm³/mol. The van der Waals surface area contributed by atoms with E-state index in [1.54, 1.807) is 24.3 Å². The smallest absolute Gasteiger partial charge is 0.340 e. The molecule has 0 saturated heterocycles. The van der Waals surface area contributed by atoms with E-state index in [4.69, 9.17) is 22.1 Å². The van der Waals surface area contributed by atoms with Gasteiger partial charge in [-0.05, 0) is 36.4 Å². The second kappa shape index (κ2) is 9.53. The lowest BCUT2D eigenvalue weighted by molar-refractivity contribution is 0.0475. The standard InChI is InChI=1S/C22H19ClN4O6/c1-26-18(24)17(20(30)27(2)22(26)32)16(28)11-33-21(31)14-5-3-4-6-15(14)25-19(29)12-7-9-13(23)10-8-12/h3-10H,11,24H2,1-2H3,(H,25,29). The van der Waals surface area contributed by atoms with Crippen molar-refractivity contribution in [2.75, 3.05) is 17.7 Å². The molecule has 1 heterocycles. The van der Waals surface area contributed by atoms with Gasteiger partial charge in [-0.25, -0.2) is 9.59 Å². The quantitative estimate of drug-likeness (QED) is 0.411. The summed E-state index contributed by atoms with van der Waals surface area (Å²) < 4.78 is 6.73. The Bertz CT molecular complexity index is 1380. The van der Waals surface area contributed by atoms with E-state index in [1.807, 2.05) is 0 Å². The van der Waals surface area contributed by atoms with Crippen molar-refractivity contribution in [1.82, 2.24) is 9.13 Å². The number of aromatic nitrogens is 2. The Hall–Kier alpha value is -4.18. The molecular weight excluding hydrogens is 452 g/mol. The predicted octanol–water partition coefficient (Wildman–Crippen LogP) is 1.61. The average molecular weight is 471 g/mol. The Morgan fingerprint density at radius 2 is 1.64 bits per heavy atom. The monoisotopic (exact) mass is 470 g/mol. The van der Waals surface area contributed by atoms with E-state index < -0.39 is 41.1 Å². The van der Waals surface area contributed by atoms with E-state index in [0.29, 0.717) is 10.6 Å². The molecule has 0 unspecified atom stereocenters. The maximum atomic E-state index is 12.6. The number of carbonyl (C=O) groups is 3. The maximum absolute atomic E-state index is 12.6. The summed E-state index contributed by atoms with van der Waals surface area (Å²) in [5.74, 6) is -2.60. The number of nitrogens with two attached hydrogens (primary N) is 1. The van der Waals surface area contributed by atoms with Gasteiger partial charge in [-0.1, -0.05) is 23.7 Å². The van der Waals surface area contributed by atoms with E-state index in [2.05, 4.69) is 5.32 Å². The molecule has 0 aliphatic rings. The second-order valence-corrected chi connectivity index (χ2v) is 7.41. The third kappa shape index (κ3) is 4.85. The highest BCUT2D eigenvalue weighted by Crippen LogP contribution is 2.18. The Labute approximate surface area is 192 Å². The fourth-order valence-corrected chi connectivity index (χ4v) is 3.09. The zero-order valence-electron chi connectivity index (χ0n) is 17.6. The van der Waals surface area contributed by atoms with Crippen molar-refractivity contribution >= 4 is 40.8 Å². The number of esters is 1. The van der Waals surface area contributed by atoms with E-state index >= 15 is 0 Å². The van der Waals surface area contributed by atoms with Crippen LogP contribution in [0.5, 0.6) is 0 Å². The number of ketones is 1. The van der Waals surface area contributed by atoms with E-state index in [9.17, 15) is 24.0 Å². The van der Waals surface area contributed by atoms with Gasteiger partial charge in [0.15, 0.2) is 6.61 Å². The summed E-state index contributed by atoms with van der Waals surface area (Å²) in [5, 5.41) is 3.07. The fourth-order valence-electron chi connectivity index (χ4n) is 2.97. The van der Waals surface area contributed by atoms with Crippen LogP contribution in [0.25, 0.3) is 0 Å². The number of rotatable bonds is 6. The van der Waals surface area contributed by atoms with Gasteiger partial charge in [0.25, 0.3) is 11.5 Å². The average Bonchev–Trinajstić information content (AvgIpc) is 2.80. The van der Waals surface area contributed by atoms with Crippen LogP contribution in [-0.2, 0) is 18.8 Å². The van der Waals surface area contributed by atoms with Gasteiger partial charge in [0.05, 0.1) is 11.3 Å². The minimum absolute atomic E-state index is 0.00560. The zero-order chi connectivity index (χ0) is 24.3. The molecule has 3 rings (SSSR count). The van der Waals surface area contributed by atoms with Crippen molar-refractivity contribution in [3.05, 3.63) is 91.1 Å². The Balaban J connectivity index is 1.78. The lowest BCUT2D eigenvalue weighted by Crippen LogP contribution is -2.42. The molecule has 1 amide bonds. The van der Waals surface area contributed by atoms with Crippen LogP contribution in [0.4, 0.5) is 11.5 Å². The summed E-state index contributed by atoms with van der Waals surface area (Å²) in [6, 6.07) is 12.2. The van der Waals surface area contributed by atoms with E-state index in [0.717, 1.165) is 9.13 Å². The summed E-state index contributed by atoms with van der Waals surface area (Å²) >= 11 is 5.83. The van der Waals surface area contributed by atoms with Gasteiger partial charge in [0, 0.05) is 24.7 Å². The van der Waals surface area contributed by atoms with Crippen LogP contribution >= 0.6 is 11.6 Å². The molecule has 0 radical (unpaired) electrons. The van der Waals surface area contributed by atoms with Crippen molar-refractivity contribution < 1.29 is 19.1 Å². The Kier molecular flexibility index (Phi) is 6.78. The molecule has 11 heteroatoms. The Morgan fingerprint density at radius 3 is 2.30 bits per heavy atom. The van der Waals surface area contributed by atoms with E-state index in [1.165, 1.54) is 38.4 Å².